The molecule has 1 aliphatic heterocycles. The molecule has 1 N–H and O–H groups in total. The maximum atomic E-state index is 12.3. The fourth-order valence-electron chi connectivity index (χ4n) is 2.78. The average molecular weight is 334 g/mol. The lowest BCUT2D eigenvalue weighted by Crippen LogP contribution is -2.47. The maximum absolute atomic E-state index is 12.3. The predicted octanol–water partition coefficient (Wildman–Crippen LogP) is 2.36. The lowest BCUT2D eigenvalue weighted by Gasteiger charge is -2.32. The molecule has 6 nitrogen and oxygen atoms in total. The zero-order valence-electron chi connectivity index (χ0n) is 14.4. The fourth-order valence-corrected chi connectivity index (χ4v) is 2.78. The fraction of sp³-hybridized carbons (Fsp3) is 0.556. The topological polar surface area (TPSA) is 67.9 Å². The van der Waals surface area contributed by atoms with Crippen LogP contribution in [0, 0.1) is 0 Å². The molecule has 0 unspecified atom stereocenters. The summed E-state index contributed by atoms with van der Waals surface area (Å²) >= 11 is 0. The minimum Gasteiger partial charge on any atom is -0.483 e. The highest BCUT2D eigenvalue weighted by Gasteiger charge is 2.24. The number of amides is 2. The first-order valence-corrected chi connectivity index (χ1v) is 8.55. The van der Waals surface area contributed by atoms with E-state index in [-0.39, 0.29) is 24.6 Å². The van der Waals surface area contributed by atoms with E-state index in [4.69, 9.17) is 9.47 Å². The highest BCUT2D eigenvalue weighted by atomic mass is 16.5. The zero-order chi connectivity index (χ0) is 17.4. The van der Waals surface area contributed by atoms with Crippen LogP contribution in [-0.4, -0.2) is 49.2 Å². The van der Waals surface area contributed by atoms with E-state index in [1.807, 2.05) is 24.3 Å². The number of benzene rings is 1. The van der Waals surface area contributed by atoms with Crippen LogP contribution in [0.15, 0.2) is 24.3 Å². The molecule has 0 aromatic heterocycles. The molecule has 0 radical (unpaired) electrons. The van der Waals surface area contributed by atoms with Gasteiger partial charge < -0.3 is 19.7 Å². The van der Waals surface area contributed by atoms with Crippen molar-refractivity contribution in [3.05, 3.63) is 29.8 Å². The molecule has 0 atom stereocenters. The van der Waals surface area contributed by atoms with Crippen LogP contribution in [0.5, 0.6) is 5.75 Å². The van der Waals surface area contributed by atoms with Crippen LogP contribution >= 0.6 is 0 Å². The lowest BCUT2D eigenvalue weighted by atomic mass is 10.1. The molecule has 132 valence electrons. The first-order valence-electron chi connectivity index (χ1n) is 8.55. The molecule has 1 aliphatic rings. The number of nitrogens with one attached hydrogen (secondary N) is 1. The molecule has 1 aromatic rings. The number of likely N-dealkylation sites (tertiary alicyclic amines) is 1. The third-order valence-corrected chi connectivity index (χ3v) is 4.15. The van der Waals surface area contributed by atoms with Crippen LogP contribution in [0.3, 0.4) is 0 Å². The van der Waals surface area contributed by atoms with Crippen molar-refractivity contribution in [2.75, 3.05) is 26.3 Å². The summed E-state index contributed by atoms with van der Waals surface area (Å²) in [6.45, 7) is 5.49. The summed E-state index contributed by atoms with van der Waals surface area (Å²) in [5.74, 6) is 0.753. The molecule has 0 aliphatic carbocycles. The summed E-state index contributed by atoms with van der Waals surface area (Å²) < 4.78 is 10.6. The summed E-state index contributed by atoms with van der Waals surface area (Å²) in [6.07, 6.45) is 1.95. The summed E-state index contributed by atoms with van der Waals surface area (Å²) in [6, 6.07) is 7.84. The summed E-state index contributed by atoms with van der Waals surface area (Å²) in [5.41, 5.74) is 1.10. The predicted molar refractivity (Wildman–Crippen MR) is 91.1 cm³/mol. The van der Waals surface area contributed by atoms with E-state index >= 15 is 0 Å². The Morgan fingerprint density at radius 3 is 2.58 bits per heavy atom. The van der Waals surface area contributed by atoms with Crippen LogP contribution in [0.1, 0.15) is 32.3 Å². The van der Waals surface area contributed by atoms with Crippen LogP contribution in [-0.2, 0) is 16.0 Å². The number of hydrogen-bond acceptors (Lipinski definition) is 4. The summed E-state index contributed by atoms with van der Waals surface area (Å²) in [7, 11) is 0. The van der Waals surface area contributed by atoms with E-state index in [1.54, 1.807) is 11.8 Å². The van der Waals surface area contributed by atoms with Crippen LogP contribution in [0.25, 0.3) is 0 Å². The molecule has 1 saturated heterocycles. The van der Waals surface area contributed by atoms with Gasteiger partial charge in [-0.05, 0) is 37.8 Å². The van der Waals surface area contributed by atoms with Gasteiger partial charge in [-0.15, -0.1) is 0 Å². The van der Waals surface area contributed by atoms with Gasteiger partial charge in [0.15, 0.2) is 6.61 Å². The van der Waals surface area contributed by atoms with E-state index in [9.17, 15) is 9.59 Å². The van der Waals surface area contributed by atoms with Gasteiger partial charge in [0.25, 0.3) is 5.91 Å². The first kappa shape index (κ1) is 18.1. The Kier molecular flexibility index (Phi) is 6.90. The smallest absolute Gasteiger partial charge is 0.407 e. The molecular weight excluding hydrogens is 308 g/mol. The molecule has 1 aromatic carbocycles. The number of nitrogens with zero attached hydrogens (tertiary/aromatic N) is 1. The molecule has 0 bridgehead atoms. The molecule has 0 spiro atoms. The van der Waals surface area contributed by atoms with E-state index in [0.717, 1.165) is 30.6 Å². The van der Waals surface area contributed by atoms with Gasteiger partial charge in [-0.25, -0.2) is 4.79 Å². The second-order valence-electron chi connectivity index (χ2n) is 5.77. The van der Waals surface area contributed by atoms with Gasteiger partial charge in [0.2, 0.25) is 0 Å². The van der Waals surface area contributed by atoms with Crippen molar-refractivity contribution in [1.29, 1.82) is 0 Å². The number of aryl methyl sites for hydroxylation is 1. The van der Waals surface area contributed by atoms with E-state index in [1.165, 1.54) is 0 Å². The SMILES string of the molecule is CCOC(=O)NC1CCN(C(=O)COc2ccccc2CC)CC1. The molecule has 6 heteroatoms. The van der Waals surface area contributed by atoms with Gasteiger partial charge in [-0.2, -0.15) is 0 Å². The molecule has 24 heavy (non-hydrogen) atoms. The van der Waals surface area contributed by atoms with Crippen molar-refractivity contribution in [2.45, 2.75) is 39.2 Å². The van der Waals surface area contributed by atoms with Crippen molar-refractivity contribution in [3.63, 3.8) is 0 Å². The zero-order valence-corrected chi connectivity index (χ0v) is 14.4. The van der Waals surface area contributed by atoms with Crippen molar-refractivity contribution >= 4 is 12.0 Å². The molecule has 2 rings (SSSR count). The molecule has 0 saturated carbocycles. The van der Waals surface area contributed by atoms with E-state index in [0.29, 0.717) is 19.7 Å². The Morgan fingerprint density at radius 2 is 1.92 bits per heavy atom. The number of hydrogen-bond donors (Lipinski definition) is 1. The lowest BCUT2D eigenvalue weighted by molar-refractivity contribution is -0.134. The van der Waals surface area contributed by atoms with Gasteiger partial charge in [0, 0.05) is 19.1 Å². The van der Waals surface area contributed by atoms with Crippen LogP contribution in [0.2, 0.25) is 0 Å². The summed E-state index contributed by atoms with van der Waals surface area (Å²) in [4.78, 5) is 25.5. The van der Waals surface area contributed by atoms with Crippen molar-refractivity contribution in [3.8, 4) is 5.75 Å². The van der Waals surface area contributed by atoms with Crippen molar-refractivity contribution in [2.24, 2.45) is 0 Å². The Bertz CT molecular complexity index is 554. The molecular formula is C18H26N2O4. The Morgan fingerprint density at radius 1 is 1.21 bits per heavy atom. The third-order valence-electron chi connectivity index (χ3n) is 4.15. The van der Waals surface area contributed by atoms with Gasteiger partial charge >= 0.3 is 6.09 Å². The molecule has 1 fully saturated rings. The van der Waals surface area contributed by atoms with Gasteiger partial charge in [0.05, 0.1) is 6.61 Å². The number of ether oxygens (including phenoxy) is 2. The first-order chi connectivity index (χ1) is 11.6. The van der Waals surface area contributed by atoms with Crippen LogP contribution in [0.4, 0.5) is 4.79 Å². The quantitative estimate of drug-likeness (QED) is 0.867. The number of para-hydroxylation sites is 1. The van der Waals surface area contributed by atoms with Crippen LogP contribution < -0.4 is 10.1 Å². The summed E-state index contributed by atoms with van der Waals surface area (Å²) in [5, 5.41) is 2.82. The van der Waals surface area contributed by atoms with Gasteiger partial charge in [-0.1, -0.05) is 25.1 Å². The van der Waals surface area contributed by atoms with E-state index in [2.05, 4.69) is 12.2 Å². The second-order valence-corrected chi connectivity index (χ2v) is 5.77. The Labute approximate surface area is 143 Å². The number of carbonyl (C=O) groups excluding carboxylic acids is 2. The number of piperidine rings is 1. The minimum atomic E-state index is -0.387. The molecule has 2 amide bonds. The normalized spacial score (nSPS) is 15.0. The largest absolute Gasteiger partial charge is 0.483 e. The minimum absolute atomic E-state index is 0.0181. The highest BCUT2D eigenvalue weighted by molar-refractivity contribution is 5.78. The standard InChI is InChI=1S/C18H26N2O4/c1-3-14-7-5-6-8-16(14)24-13-17(21)20-11-9-15(10-12-20)19-18(22)23-4-2/h5-8,15H,3-4,9-13H2,1-2H3,(H,19,22). The number of alkyl carbamates (subject to hydrolysis) is 1. The molecule has 1 heterocycles. The van der Waals surface area contributed by atoms with Crippen molar-refractivity contribution < 1.29 is 19.1 Å². The average Bonchev–Trinajstić information content (AvgIpc) is 2.60. The number of carbonyl (C=O) groups is 2. The maximum Gasteiger partial charge on any atom is 0.407 e. The van der Waals surface area contributed by atoms with Crippen molar-refractivity contribution in [1.82, 2.24) is 10.2 Å². The highest BCUT2D eigenvalue weighted by Crippen LogP contribution is 2.18. The monoisotopic (exact) mass is 334 g/mol. The second kappa shape index (κ2) is 9.15. The Balaban J connectivity index is 1.75. The van der Waals surface area contributed by atoms with Gasteiger partial charge in [-0.3, -0.25) is 4.79 Å². The third kappa shape index (κ3) is 5.15. The van der Waals surface area contributed by atoms with Gasteiger partial charge in [0.1, 0.15) is 5.75 Å². The Hall–Kier alpha value is -2.24. The number of rotatable bonds is 6. The van der Waals surface area contributed by atoms with E-state index < -0.39 is 0 Å².